The van der Waals surface area contributed by atoms with Gasteiger partial charge in [0.05, 0.1) is 17.0 Å². The monoisotopic (exact) mass is 364 g/mol. The molecule has 1 amide bonds. The lowest BCUT2D eigenvalue weighted by Gasteiger charge is -2.19. The molecule has 2 aromatic heterocycles. The largest absolute Gasteiger partial charge is 0.345 e. The Morgan fingerprint density at radius 2 is 1.85 bits per heavy atom. The maximum Gasteiger partial charge on any atom is 0.332 e. The predicted octanol–water partition coefficient (Wildman–Crippen LogP) is 1.51. The summed E-state index contributed by atoms with van der Waals surface area (Å²) in [5.74, 6) is 0.152. The fourth-order valence-electron chi connectivity index (χ4n) is 3.38. The van der Waals surface area contributed by atoms with Gasteiger partial charge in [-0.1, -0.05) is 30.3 Å². The first-order valence-electron chi connectivity index (χ1n) is 8.89. The Hall–Kier alpha value is -3.22. The predicted molar refractivity (Wildman–Crippen MR) is 102 cm³/mol. The fourth-order valence-corrected chi connectivity index (χ4v) is 3.38. The molecule has 1 aliphatic carbocycles. The molecule has 1 N–H and O–H groups in total. The lowest BCUT2D eigenvalue weighted by Crippen LogP contribution is -2.37. The topological polar surface area (TPSA) is 86.0 Å². The van der Waals surface area contributed by atoms with E-state index in [1.165, 1.54) is 23.9 Å². The number of aromatic nitrogens is 3. The van der Waals surface area contributed by atoms with E-state index in [1.54, 1.807) is 7.05 Å². The van der Waals surface area contributed by atoms with E-state index < -0.39 is 11.2 Å². The molecule has 138 valence electrons. The van der Waals surface area contributed by atoms with Crippen molar-refractivity contribution in [1.82, 2.24) is 19.4 Å². The summed E-state index contributed by atoms with van der Waals surface area (Å²) in [5.41, 5.74) is 0.730. The van der Waals surface area contributed by atoms with Crippen LogP contribution >= 0.6 is 0 Å². The molecule has 7 nitrogen and oxygen atoms in total. The summed E-state index contributed by atoms with van der Waals surface area (Å²) in [6.07, 6.45) is 3.57. The van der Waals surface area contributed by atoms with Crippen LogP contribution in [0.5, 0.6) is 0 Å². The minimum Gasteiger partial charge on any atom is -0.345 e. The average molecular weight is 364 g/mol. The third-order valence-electron chi connectivity index (χ3n) is 5.09. The summed E-state index contributed by atoms with van der Waals surface area (Å²) < 4.78 is 2.32. The van der Waals surface area contributed by atoms with Gasteiger partial charge in [0, 0.05) is 20.3 Å². The molecule has 1 fully saturated rings. The van der Waals surface area contributed by atoms with Crippen molar-refractivity contribution in [3.05, 3.63) is 74.6 Å². The number of nitrogens with one attached hydrogen (secondary N) is 1. The van der Waals surface area contributed by atoms with Gasteiger partial charge in [0.15, 0.2) is 0 Å². The first-order valence-corrected chi connectivity index (χ1v) is 8.89. The van der Waals surface area contributed by atoms with Crippen molar-refractivity contribution in [3.8, 4) is 0 Å². The van der Waals surface area contributed by atoms with Crippen LogP contribution in [0.15, 0.2) is 52.2 Å². The van der Waals surface area contributed by atoms with E-state index in [2.05, 4.69) is 10.3 Å². The first kappa shape index (κ1) is 17.2. The highest BCUT2D eigenvalue weighted by molar-refractivity contribution is 5.97. The Balaban J connectivity index is 1.70. The van der Waals surface area contributed by atoms with Gasteiger partial charge in [0.1, 0.15) is 5.65 Å². The zero-order valence-corrected chi connectivity index (χ0v) is 15.2. The van der Waals surface area contributed by atoms with Gasteiger partial charge in [-0.15, -0.1) is 0 Å². The number of rotatable bonds is 4. The van der Waals surface area contributed by atoms with E-state index in [0.717, 1.165) is 23.0 Å². The number of hydrogen-bond acceptors (Lipinski definition) is 4. The second kappa shape index (κ2) is 6.50. The highest BCUT2D eigenvalue weighted by Gasteiger charge is 2.33. The lowest BCUT2D eigenvalue weighted by atomic mass is 10.0. The maximum absolute atomic E-state index is 12.8. The van der Waals surface area contributed by atoms with Crippen LogP contribution in [-0.4, -0.2) is 20.0 Å². The van der Waals surface area contributed by atoms with Gasteiger partial charge in [0.2, 0.25) is 0 Å². The molecular weight excluding hydrogens is 344 g/mol. The molecule has 1 saturated carbocycles. The van der Waals surface area contributed by atoms with Crippen LogP contribution in [0.25, 0.3) is 11.0 Å². The molecule has 1 aromatic carbocycles. The molecule has 4 rings (SSSR count). The quantitative estimate of drug-likeness (QED) is 0.760. The smallest absolute Gasteiger partial charge is 0.332 e. The number of aryl methyl sites for hydroxylation is 1. The van der Waals surface area contributed by atoms with Crippen molar-refractivity contribution in [2.75, 3.05) is 0 Å². The van der Waals surface area contributed by atoms with Crippen LogP contribution < -0.4 is 16.6 Å². The first-order chi connectivity index (χ1) is 13.0. The molecule has 3 aromatic rings. The van der Waals surface area contributed by atoms with Gasteiger partial charge in [-0.3, -0.25) is 18.7 Å². The normalized spacial score (nSPS) is 14.9. The van der Waals surface area contributed by atoms with Gasteiger partial charge in [0.25, 0.3) is 11.5 Å². The van der Waals surface area contributed by atoms with Crippen molar-refractivity contribution >= 4 is 16.9 Å². The van der Waals surface area contributed by atoms with Gasteiger partial charge in [-0.2, -0.15) is 0 Å². The zero-order chi connectivity index (χ0) is 19.1. The number of pyridine rings is 1. The number of carbonyl (C=O) groups excluding carboxylic acids is 1. The van der Waals surface area contributed by atoms with E-state index in [1.807, 2.05) is 30.3 Å². The molecule has 1 aliphatic rings. The molecule has 27 heavy (non-hydrogen) atoms. The van der Waals surface area contributed by atoms with Crippen LogP contribution in [0.1, 0.15) is 34.8 Å². The number of benzene rings is 1. The van der Waals surface area contributed by atoms with Crippen LogP contribution in [-0.2, 0) is 14.1 Å². The summed E-state index contributed by atoms with van der Waals surface area (Å²) in [6, 6.07) is 11.3. The Labute approximate surface area is 155 Å². The zero-order valence-electron chi connectivity index (χ0n) is 15.2. The van der Waals surface area contributed by atoms with Gasteiger partial charge in [-0.25, -0.2) is 9.78 Å². The summed E-state index contributed by atoms with van der Waals surface area (Å²) in [5, 5.41) is 3.33. The third-order valence-corrected chi connectivity index (χ3v) is 5.09. The van der Waals surface area contributed by atoms with Crippen molar-refractivity contribution in [2.24, 2.45) is 20.0 Å². The van der Waals surface area contributed by atoms with E-state index in [4.69, 9.17) is 0 Å². The molecule has 0 aliphatic heterocycles. The Kier molecular flexibility index (Phi) is 4.14. The van der Waals surface area contributed by atoms with Crippen molar-refractivity contribution in [3.63, 3.8) is 0 Å². The van der Waals surface area contributed by atoms with E-state index in [0.29, 0.717) is 11.5 Å². The molecule has 0 spiro atoms. The Morgan fingerprint density at radius 1 is 1.15 bits per heavy atom. The number of fused-ring (bicyclic) bond motifs is 1. The number of carbonyl (C=O) groups is 1. The maximum atomic E-state index is 12.8. The lowest BCUT2D eigenvalue weighted by molar-refractivity contribution is 0.0931. The molecule has 0 radical (unpaired) electrons. The van der Waals surface area contributed by atoms with Gasteiger partial charge >= 0.3 is 5.69 Å². The van der Waals surface area contributed by atoms with Gasteiger partial charge < -0.3 is 5.32 Å². The SMILES string of the molecule is Cn1c(=O)c2cc(C(=O)NC(c3ccccc3)C3CC3)cnc2n(C)c1=O. The molecule has 0 saturated heterocycles. The molecule has 7 heteroatoms. The summed E-state index contributed by atoms with van der Waals surface area (Å²) >= 11 is 0. The van der Waals surface area contributed by atoms with Crippen LogP contribution in [0.4, 0.5) is 0 Å². The summed E-state index contributed by atoms with van der Waals surface area (Å²) in [4.78, 5) is 41.4. The van der Waals surface area contributed by atoms with Crippen molar-refractivity contribution in [2.45, 2.75) is 18.9 Å². The molecule has 0 bridgehead atoms. The Bertz CT molecular complexity index is 1140. The summed E-state index contributed by atoms with van der Waals surface area (Å²) in [6.45, 7) is 0. The van der Waals surface area contributed by atoms with Crippen LogP contribution in [0.3, 0.4) is 0 Å². The van der Waals surface area contributed by atoms with E-state index in [9.17, 15) is 14.4 Å². The van der Waals surface area contributed by atoms with Crippen LogP contribution in [0, 0.1) is 5.92 Å². The Morgan fingerprint density at radius 3 is 2.52 bits per heavy atom. The average Bonchev–Trinajstić information content (AvgIpc) is 3.54. The van der Waals surface area contributed by atoms with E-state index in [-0.39, 0.29) is 23.0 Å². The van der Waals surface area contributed by atoms with E-state index >= 15 is 0 Å². The van der Waals surface area contributed by atoms with Gasteiger partial charge in [-0.05, 0) is 30.4 Å². The van der Waals surface area contributed by atoms with Crippen LogP contribution in [0.2, 0.25) is 0 Å². The standard InChI is InChI=1S/C20H20N4O3/c1-23-17-15(19(26)24(2)20(23)27)10-14(11-21-17)18(25)22-16(13-8-9-13)12-6-4-3-5-7-12/h3-7,10-11,13,16H,8-9H2,1-2H3,(H,22,25). The number of hydrogen-bond donors (Lipinski definition) is 1. The molecule has 1 atom stereocenters. The fraction of sp³-hybridized carbons (Fsp3) is 0.300. The number of nitrogens with zero attached hydrogens (tertiary/aromatic N) is 3. The highest BCUT2D eigenvalue weighted by Crippen LogP contribution is 2.41. The van der Waals surface area contributed by atoms with Crippen molar-refractivity contribution < 1.29 is 4.79 Å². The second-order valence-electron chi connectivity index (χ2n) is 7.00. The number of amides is 1. The highest BCUT2D eigenvalue weighted by atomic mass is 16.2. The second-order valence-corrected chi connectivity index (χ2v) is 7.00. The third kappa shape index (κ3) is 3.05. The minimum atomic E-state index is -0.461. The molecule has 1 unspecified atom stereocenters. The summed E-state index contributed by atoms with van der Waals surface area (Å²) in [7, 11) is 2.96. The minimum absolute atomic E-state index is 0.0580. The van der Waals surface area contributed by atoms with Crippen molar-refractivity contribution in [1.29, 1.82) is 0 Å². The molecular formula is C20H20N4O3. The molecule has 2 heterocycles.